The molecule has 2 fully saturated rings. The van der Waals surface area contributed by atoms with E-state index >= 15 is 0 Å². The summed E-state index contributed by atoms with van der Waals surface area (Å²) in [5, 5.41) is 6.92. The number of likely N-dealkylation sites (tertiary alicyclic amines) is 2. The number of ether oxygens (including phenoxy) is 1. The fraction of sp³-hybridized carbons (Fsp3) is 0.591. The lowest BCUT2D eigenvalue weighted by Gasteiger charge is -2.43. The number of carbonyl (C=O) groups is 1. The van der Waals surface area contributed by atoms with Crippen molar-refractivity contribution >= 4 is 5.91 Å². The lowest BCUT2D eigenvalue weighted by Crippen LogP contribution is -2.48. The molecule has 5 rings (SSSR count). The highest BCUT2D eigenvalue weighted by molar-refractivity contribution is 5.94. The van der Waals surface area contributed by atoms with Gasteiger partial charge in [-0.2, -0.15) is 5.10 Å². The van der Waals surface area contributed by atoms with Gasteiger partial charge in [0.15, 0.2) is 0 Å². The zero-order valence-corrected chi connectivity index (χ0v) is 17.4. The van der Waals surface area contributed by atoms with E-state index in [1.54, 1.807) is 18.1 Å². The molecule has 0 saturated carbocycles. The number of pyridine rings is 1. The molecule has 2 aromatic rings. The minimum absolute atomic E-state index is 0.121. The average Bonchev–Trinajstić information content (AvgIpc) is 3.27. The summed E-state index contributed by atoms with van der Waals surface area (Å²) in [6, 6.07) is 3.77. The van der Waals surface area contributed by atoms with Crippen LogP contribution in [0.1, 0.15) is 46.8 Å². The van der Waals surface area contributed by atoms with Crippen LogP contribution in [-0.2, 0) is 17.8 Å². The predicted octanol–water partition coefficient (Wildman–Crippen LogP) is 1.44. The summed E-state index contributed by atoms with van der Waals surface area (Å²) in [5.74, 6) is 0.629. The minimum atomic E-state index is -0.137. The van der Waals surface area contributed by atoms with Crippen molar-refractivity contribution in [3.63, 3.8) is 0 Å². The van der Waals surface area contributed by atoms with E-state index in [4.69, 9.17) is 4.74 Å². The van der Waals surface area contributed by atoms with E-state index in [1.807, 2.05) is 23.0 Å². The molecule has 8 nitrogen and oxygen atoms in total. The summed E-state index contributed by atoms with van der Waals surface area (Å²) in [4.78, 5) is 30.5. The van der Waals surface area contributed by atoms with E-state index in [-0.39, 0.29) is 17.6 Å². The first-order valence-corrected chi connectivity index (χ1v) is 10.9. The Balaban J connectivity index is 1.34. The van der Waals surface area contributed by atoms with Crippen molar-refractivity contribution in [1.82, 2.24) is 24.6 Å². The molecule has 0 radical (unpaired) electrons. The first-order valence-electron chi connectivity index (χ1n) is 10.9. The second kappa shape index (κ2) is 8.00. The van der Waals surface area contributed by atoms with E-state index in [1.165, 1.54) is 5.56 Å². The van der Waals surface area contributed by atoms with Crippen molar-refractivity contribution in [3.05, 3.63) is 51.7 Å². The van der Waals surface area contributed by atoms with Gasteiger partial charge in [0, 0.05) is 69.8 Å². The third kappa shape index (κ3) is 3.58. The van der Waals surface area contributed by atoms with E-state index in [9.17, 15) is 9.59 Å². The van der Waals surface area contributed by atoms with Gasteiger partial charge in [0.2, 0.25) is 0 Å². The van der Waals surface area contributed by atoms with Gasteiger partial charge in [-0.05, 0) is 37.3 Å². The number of fused-ring (bicyclic) bond motifs is 4. The largest absolute Gasteiger partial charge is 0.381 e. The van der Waals surface area contributed by atoms with Crippen LogP contribution in [0.25, 0.3) is 0 Å². The van der Waals surface area contributed by atoms with Crippen molar-refractivity contribution < 1.29 is 9.53 Å². The fourth-order valence-electron chi connectivity index (χ4n) is 5.42. The maximum absolute atomic E-state index is 13.3. The van der Waals surface area contributed by atoms with Crippen LogP contribution in [0.3, 0.4) is 0 Å². The highest BCUT2D eigenvalue weighted by Gasteiger charge is 2.36. The molecule has 1 N–H and O–H groups in total. The van der Waals surface area contributed by atoms with Crippen LogP contribution in [0.4, 0.5) is 0 Å². The number of H-pyrrole nitrogens is 1. The molecule has 1 amide bonds. The highest BCUT2D eigenvalue weighted by atomic mass is 16.5. The van der Waals surface area contributed by atoms with Crippen molar-refractivity contribution in [3.8, 4) is 0 Å². The summed E-state index contributed by atoms with van der Waals surface area (Å²) in [5.41, 5.74) is 2.45. The normalized spacial score (nSPS) is 24.6. The van der Waals surface area contributed by atoms with Crippen LogP contribution in [0.2, 0.25) is 0 Å². The summed E-state index contributed by atoms with van der Waals surface area (Å²) in [6.45, 7) is 4.76. The van der Waals surface area contributed by atoms with Crippen molar-refractivity contribution in [2.24, 2.45) is 5.92 Å². The monoisotopic (exact) mass is 411 g/mol. The average molecular weight is 412 g/mol. The smallest absolute Gasteiger partial charge is 0.263 e. The van der Waals surface area contributed by atoms with E-state index in [2.05, 4.69) is 15.1 Å². The predicted molar refractivity (Wildman–Crippen MR) is 111 cm³/mol. The van der Waals surface area contributed by atoms with Gasteiger partial charge in [-0.15, -0.1) is 0 Å². The number of nitrogens with one attached hydrogen (secondary N) is 1. The molecule has 2 atom stereocenters. The van der Waals surface area contributed by atoms with E-state index < -0.39 is 0 Å². The van der Waals surface area contributed by atoms with Crippen molar-refractivity contribution in [2.75, 3.05) is 33.3 Å². The summed E-state index contributed by atoms with van der Waals surface area (Å²) in [7, 11) is 1.71. The molecule has 160 valence electrons. The zero-order chi connectivity index (χ0) is 20.7. The standard InChI is InChI=1S/C22H29N5O3/c1-30-18-4-6-26(7-5-18)21(28)19-2-3-20-17-8-15(13-27(20)22(19)29)11-25(14-17)12-16-9-23-24-10-16/h2-3,9-10,15,17-18H,4-8,11-14H2,1H3,(H,23,24)/t15-,17+/m0/s1. The van der Waals surface area contributed by atoms with Gasteiger partial charge in [-0.25, -0.2) is 0 Å². The zero-order valence-electron chi connectivity index (χ0n) is 17.4. The Morgan fingerprint density at radius 3 is 2.80 bits per heavy atom. The summed E-state index contributed by atoms with van der Waals surface area (Å²) >= 11 is 0. The van der Waals surface area contributed by atoms with Gasteiger partial charge in [-0.1, -0.05) is 0 Å². The molecule has 3 aliphatic rings. The second-order valence-corrected chi connectivity index (χ2v) is 8.91. The van der Waals surface area contributed by atoms with Crippen LogP contribution in [-0.4, -0.2) is 69.9 Å². The number of hydrogen-bond acceptors (Lipinski definition) is 5. The van der Waals surface area contributed by atoms with Crippen LogP contribution in [0.5, 0.6) is 0 Å². The number of hydrogen-bond donors (Lipinski definition) is 1. The third-order valence-electron chi connectivity index (χ3n) is 6.93. The summed E-state index contributed by atoms with van der Waals surface area (Å²) in [6.07, 6.45) is 6.78. The maximum Gasteiger partial charge on any atom is 0.263 e. The van der Waals surface area contributed by atoms with Gasteiger partial charge in [0.1, 0.15) is 5.56 Å². The Morgan fingerprint density at radius 2 is 2.07 bits per heavy atom. The van der Waals surface area contributed by atoms with Crippen LogP contribution in [0, 0.1) is 5.92 Å². The Morgan fingerprint density at radius 1 is 1.23 bits per heavy atom. The van der Waals surface area contributed by atoms with Crippen LogP contribution >= 0.6 is 0 Å². The first kappa shape index (κ1) is 19.5. The van der Waals surface area contributed by atoms with Crippen LogP contribution < -0.4 is 5.56 Å². The Bertz CT molecular complexity index is 962. The SMILES string of the molecule is COC1CCN(C(=O)c2ccc3n(c2=O)C[C@H]2C[C@@H]3CN(Cc3cn[nH]c3)C2)CC1. The van der Waals surface area contributed by atoms with Gasteiger partial charge in [0.05, 0.1) is 12.3 Å². The van der Waals surface area contributed by atoms with Gasteiger partial charge >= 0.3 is 0 Å². The van der Waals surface area contributed by atoms with Crippen LogP contribution in [0.15, 0.2) is 29.3 Å². The number of rotatable bonds is 4. The van der Waals surface area contributed by atoms with E-state index in [0.29, 0.717) is 37.0 Å². The molecule has 3 aliphatic heterocycles. The number of amides is 1. The number of piperidine rings is 2. The molecule has 0 aromatic carbocycles. The highest BCUT2D eigenvalue weighted by Crippen LogP contribution is 2.35. The number of aromatic nitrogens is 3. The number of methoxy groups -OCH3 is 1. The molecule has 8 heteroatoms. The first-order chi connectivity index (χ1) is 14.6. The number of nitrogens with zero attached hydrogens (tertiary/aromatic N) is 4. The molecule has 0 unspecified atom stereocenters. The summed E-state index contributed by atoms with van der Waals surface area (Å²) < 4.78 is 7.27. The number of aromatic amines is 1. The third-order valence-corrected chi connectivity index (χ3v) is 6.93. The van der Waals surface area contributed by atoms with E-state index in [0.717, 1.165) is 44.6 Å². The Kier molecular flexibility index (Phi) is 5.20. The maximum atomic E-state index is 13.3. The molecule has 0 spiro atoms. The van der Waals surface area contributed by atoms with Crippen molar-refractivity contribution in [1.29, 1.82) is 0 Å². The molecular formula is C22H29N5O3. The van der Waals surface area contributed by atoms with Crippen molar-refractivity contribution in [2.45, 2.75) is 44.4 Å². The lowest BCUT2D eigenvalue weighted by atomic mass is 9.83. The molecule has 2 aromatic heterocycles. The molecule has 30 heavy (non-hydrogen) atoms. The molecule has 2 saturated heterocycles. The Hall–Kier alpha value is -2.45. The second-order valence-electron chi connectivity index (χ2n) is 8.91. The minimum Gasteiger partial charge on any atom is -0.381 e. The molecule has 5 heterocycles. The molecule has 0 aliphatic carbocycles. The Labute approximate surface area is 175 Å². The van der Waals surface area contributed by atoms with Gasteiger partial charge in [-0.3, -0.25) is 19.6 Å². The van der Waals surface area contributed by atoms with Gasteiger partial charge in [0.25, 0.3) is 11.5 Å². The fourth-order valence-corrected chi connectivity index (χ4v) is 5.42. The topological polar surface area (TPSA) is 83.5 Å². The quantitative estimate of drug-likeness (QED) is 0.823. The lowest BCUT2D eigenvalue weighted by molar-refractivity contribution is 0.0349. The molecular weight excluding hydrogens is 382 g/mol. The number of carbonyl (C=O) groups excluding carboxylic acids is 1. The molecule has 2 bridgehead atoms. The van der Waals surface area contributed by atoms with Gasteiger partial charge < -0.3 is 14.2 Å².